The van der Waals surface area contributed by atoms with Crippen LogP contribution in [-0.2, 0) is 6.61 Å². The molecule has 5 nitrogen and oxygen atoms in total. The summed E-state index contributed by atoms with van der Waals surface area (Å²) in [6, 6.07) is 12.8. The first kappa shape index (κ1) is 19.5. The molecular weight excluding hydrogens is 377 g/mol. The van der Waals surface area contributed by atoms with Crippen molar-refractivity contribution < 1.29 is 32.2 Å². The zero-order chi connectivity index (χ0) is 20.3. The highest BCUT2D eigenvalue weighted by Crippen LogP contribution is 2.29. The number of aliphatic hydroxyl groups excluding tert-OH is 1. The lowest BCUT2D eigenvalue weighted by Crippen LogP contribution is -2.16. The molecule has 1 heterocycles. The highest BCUT2D eigenvalue weighted by Gasteiger charge is 2.30. The molecule has 0 saturated carbocycles. The summed E-state index contributed by atoms with van der Waals surface area (Å²) in [4.78, 5) is 12.2. The van der Waals surface area contributed by atoms with Crippen molar-refractivity contribution in [1.82, 2.24) is 0 Å². The Kier molecular flexibility index (Phi) is 5.41. The van der Waals surface area contributed by atoms with E-state index in [1.54, 1.807) is 31.2 Å². The molecular formula is C20H15F3O5. The van der Waals surface area contributed by atoms with Crippen LogP contribution in [0.15, 0.2) is 63.8 Å². The van der Waals surface area contributed by atoms with E-state index < -0.39 is 6.36 Å². The molecule has 0 amide bonds. The van der Waals surface area contributed by atoms with Gasteiger partial charge in [-0.05, 0) is 48.9 Å². The molecule has 1 N–H and O–H groups in total. The number of alkyl halides is 3. The largest absolute Gasteiger partial charge is 0.573 e. The van der Waals surface area contributed by atoms with E-state index in [-0.39, 0.29) is 23.5 Å². The summed E-state index contributed by atoms with van der Waals surface area (Å²) in [6.07, 6.45) is -4.75. The van der Waals surface area contributed by atoms with Gasteiger partial charge in [-0.3, -0.25) is 4.79 Å². The lowest BCUT2D eigenvalue weighted by molar-refractivity contribution is -0.274. The fourth-order valence-corrected chi connectivity index (χ4v) is 2.63. The third-order valence-electron chi connectivity index (χ3n) is 3.77. The van der Waals surface area contributed by atoms with Gasteiger partial charge in [0.2, 0.25) is 0 Å². The minimum atomic E-state index is -4.75. The predicted molar refractivity (Wildman–Crippen MR) is 94.3 cm³/mol. The molecule has 2 aromatic carbocycles. The lowest BCUT2D eigenvalue weighted by atomic mass is 10.0. The zero-order valence-corrected chi connectivity index (χ0v) is 14.6. The second kappa shape index (κ2) is 7.77. The molecule has 3 aromatic rings. The second-order valence-corrected chi connectivity index (χ2v) is 5.81. The number of aliphatic hydroxyl groups is 1. The maximum Gasteiger partial charge on any atom is 0.573 e. The third kappa shape index (κ3) is 4.72. The van der Waals surface area contributed by atoms with E-state index in [1.807, 2.05) is 0 Å². The highest BCUT2D eigenvalue weighted by atomic mass is 19.4. The van der Waals surface area contributed by atoms with E-state index in [2.05, 4.69) is 4.74 Å². The zero-order valence-electron chi connectivity index (χ0n) is 14.6. The van der Waals surface area contributed by atoms with Crippen molar-refractivity contribution in [2.24, 2.45) is 0 Å². The van der Waals surface area contributed by atoms with E-state index in [0.29, 0.717) is 28.4 Å². The number of hydrogen-bond acceptors (Lipinski definition) is 5. The number of hydrogen-bond donors (Lipinski definition) is 1. The van der Waals surface area contributed by atoms with Gasteiger partial charge in [-0.15, -0.1) is 13.2 Å². The van der Waals surface area contributed by atoms with Crippen LogP contribution in [0.1, 0.15) is 11.5 Å². The Bertz CT molecular complexity index is 1010. The summed E-state index contributed by atoms with van der Waals surface area (Å²) in [6.45, 7) is 1.26. The van der Waals surface area contributed by atoms with E-state index >= 15 is 0 Å². The van der Waals surface area contributed by atoms with Crippen molar-refractivity contribution in [3.8, 4) is 28.4 Å². The van der Waals surface area contributed by atoms with Gasteiger partial charge in [0.25, 0.3) is 0 Å². The topological polar surface area (TPSA) is 68.9 Å². The summed E-state index contributed by atoms with van der Waals surface area (Å²) >= 11 is 0. The molecule has 0 spiro atoms. The molecule has 1 aromatic heterocycles. The van der Waals surface area contributed by atoms with Crippen LogP contribution in [-0.4, -0.2) is 11.5 Å². The first-order valence-corrected chi connectivity index (χ1v) is 8.14. The van der Waals surface area contributed by atoms with Gasteiger partial charge in [0.1, 0.15) is 35.4 Å². The molecule has 0 unspecified atom stereocenters. The van der Waals surface area contributed by atoms with Gasteiger partial charge in [0.05, 0.1) is 5.56 Å². The molecule has 3 rings (SSSR count). The molecule has 8 heteroatoms. The summed E-state index contributed by atoms with van der Waals surface area (Å²) in [5, 5.41) is 9.08. The molecule has 0 atom stereocenters. The average molecular weight is 392 g/mol. The molecule has 0 fully saturated rings. The van der Waals surface area contributed by atoms with Gasteiger partial charge < -0.3 is 19.0 Å². The van der Waals surface area contributed by atoms with Crippen LogP contribution >= 0.6 is 0 Å². The van der Waals surface area contributed by atoms with Crippen molar-refractivity contribution >= 4 is 0 Å². The van der Waals surface area contributed by atoms with Gasteiger partial charge in [-0.2, -0.15) is 0 Å². The third-order valence-corrected chi connectivity index (χ3v) is 3.77. The molecule has 28 heavy (non-hydrogen) atoms. The Morgan fingerprint density at radius 2 is 1.50 bits per heavy atom. The van der Waals surface area contributed by atoms with Crippen molar-refractivity contribution in [3.05, 3.63) is 76.3 Å². The van der Waals surface area contributed by atoms with Crippen molar-refractivity contribution in [2.45, 2.75) is 19.9 Å². The van der Waals surface area contributed by atoms with Gasteiger partial charge in [0.15, 0.2) is 5.43 Å². The minimum absolute atomic E-state index is 0.184. The molecule has 146 valence electrons. The summed E-state index contributed by atoms with van der Waals surface area (Å²) < 4.78 is 51.3. The monoisotopic (exact) mass is 392 g/mol. The van der Waals surface area contributed by atoms with E-state index in [1.165, 1.54) is 18.2 Å². The van der Waals surface area contributed by atoms with Crippen LogP contribution < -0.4 is 14.9 Å². The SMILES string of the molecule is Cc1oc(CO)cc(=O)c1-c1ccc(Oc2ccc(OC(F)(F)F)cc2)cc1. The second-order valence-electron chi connectivity index (χ2n) is 5.81. The number of halogens is 3. The van der Waals surface area contributed by atoms with Crippen LogP contribution in [0.3, 0.4) is 0 Å². The fourth-order valence-electron chi connectivity index (χ4n) is 2.63. The van der Waals surface area contributed by atoms with Crippen LogP contribution in [0.2, 0.25) is 0 Å². The van der Waals surface area contributed by atoms with Crippen molar-refractivity contribution in [1.29, 1.82) is 0 Å². The first-order chi connectivity index (χ1) is 13.2. The van der Waals surface area contributed by atoms with E-state index in [0.717, 1.165) is 12.1 Å². The Labute approximate surface area is 157 Å². The number of ether oxygens (including phenoxy) is 2. The Morgan fingerprint density at radius 1 is 0.964 bits per heavy atom. The van der Waals surface area contributed by atoms with E-state index in [4.69, 9.17) is 14.3 Å². The molecule has 0 radical (unpaired) electrons. The normalized spacial score (nSPS) is 11.3. The van der Waals surface area contributed by atoms with Crippen LogP contribution in [0, 0.1) is 6.92 Å². The average Bonchev–Trinajstić information content (AvgIpc) is 2.63. The maximum absolute atomic E-state index is 12.2. The Morgan fingerprint density at radius 3 is 2.00 bits per heavy atom. The number of benzene rings is 2. The summed E-state index contributed by atoms with van der Waals surface area (Å²) in [7, 11) is 0. The Balaban J connectivity index is 1.76. The van der Waals surface area contributed by atoms with E-state index in [9.17, 15) is 18.0 Å². The van der Waals surface area contributed by atoms with Gasteiger partial charge in [0, 0.05) is 6.07 Å². The van der Waals surface area contributed by atoms with Crippen LogP contribution in [0.5, 0.6) is 17.2 Å². The Hall–Kier alpha value is -3.26. The quantitative estimate of drug-likeness (QED) is 0.676. The van der Waals surface area contributed by atoms with Crippen LogP contribution in [0.4, 0.5) is 13.2 Å². The molecule has 0 aliphatic rings. The van der Waals surface area contributed by atoms with Crippen molar-refractivity contribution in [2.75, 3.05) is 0 Å². The predicted octanol–water partition coefficient (Wildman–Crippen LogP) is 4.80. The lowest BCUT2D eigenvalue weighted by Gasteiger charge is -2.10. The molecule has 0 saturated heterocycles. The summed E-state index contributed by atoms with van der Waals surface area (Å²) in [5.74, 6) is 0.978. The summed E-state index contributed by atoms with van der Waals surface area (Å²) in [5.41, 5.74) is 0.705. The van der Waals surface area contributed by atoms with Gasteiger partial charge in [-0.1, -0.05) is 12.1 Å². The fraction of sp³-hybridized carbons (Fsp3) is 0.150. The number of aryl methyl sites for hydroxylation is 1. The minimum Gasteiger partial charge on any atom is -0.463 e. The maximum atomic E-state index is 12.2. The first-order valence-electron chi connectivity index (χ1n) is 8.14. The standard InChI is InChI=1S/C20H15F3O5/c1-12-19(18(25)10-17(11-24)26-12)13-2-4-14(5-3-13)27-15-6-8-16(9-7-15)28-20(21,22)23/h2-10,24H,11H2,1H3. The number of rotatable bonds is 5. The van der Waals surface area contributed by atoms with Gasteiger partial charge >= 0.3 is 6.36 Å². The molecule has 0 bridgehead atoms. The van der Waals surface area contributed by atoms with Gasteiger partial charge in [-0.25, -0.2) is 0 Å². The molecule has 0 aliphatic carbocycles. The van der Waals surface area contributed by atoms with Crippen LogP contribution in [0.25, 0.3) is 11.1 Å². The van der Waals surface area contributed by atoms with Crippen molar-refractivity contribution in [3.63, 3.8) is 0 Å². The molecule has 0 aliphatic heterocycles. The highest BCUT2D eigenvalue weighted by molar-refractivity contribution is 5.65. The smallest absolute Gasteiger partial charge is 0.463 e.